The van der Waals surface area contributed by atoms with Crippen LogP contribution in [0.2, 0.25) is 0 Å². The summed E-state index contributed by atoms with van der Waals surface area (Å²) in [6.07, 6.45) is 9.07. The van der Waals surface area contributed by atoms with Gasteiger partial charge in [-0.05, 0) is 79.5 Å². The maximum atomic E-state index is 14.4. The number of aliphatic carboxylic acids is 1. The van der Waals surface area contributed by atoms with Gasteiger partial charge in [-0.3, -0.25) is 14.5 Å². The van der Waals surface area contributed by atoms with Gasteiger partial charge in [0.1, 0.15) is 11.6 Å². The number of nitrogens with zero attached hydrogens (tertiary/aromatic N) is 2. The van der Waals surface area contributed by atoms with Crippen LogP contribution in [0.4, 0.5) is 10.1 Å². The molecule has 2 aliphatic rings. The molecule has 7 heteroatoms. The molecule has 0 aromatic heterocycles. The smallest absolute Gasteiger partial charge is 0.308 e. The summed E-state index contributed by atoms with van der Waals surface area (Å²) in [6, 6.07) is 10.6. The molecule has 1 saturated heterocycles. The van der Waals surface area contributed by atoms with Gasteiger partial charge in [0, 0.05) is 36.7 Å². The number of amides is 1. The lowest BCUT2D eigenvalue weighted by Gasteiger charge is -2.36. The predicted octanol–water partition coefficient (Wildman–Crippen LogP) is 7.53. The number of aryl methyl sites for hydroxylation is 1. The zero-order valence-corrected chi connectivity index (χ0v) is 26.7. The van der Waals surface area contributed by atoms with E-state index in [1.54, 1.807) is 19.1 Å². The third kappa shape index (κ3) is 7.49. The first-order valence-electron chi connectivity index (χ1n) is 15.9. The van der Waals surface area contributed by atoms with Crippen molar-refractivity contribution < 1.29 is 23.8 Å². The van der Waals surface area contributed by atoms with Crippen molar-refractivity contribution in [3.05, 3.63) is 71.1 Å². The van der Waals surface area contributed by atoms with E-state index in [0.717, 1.165) is 49.0 Å². The van der Waals surface area contributed by atoms with E-state index < -0.39 is 11.9 Å². The minimum atomic E-state index is -0.834. The van der Waals surface area contributed by atoms with Gasteiger partial charge in [0.15, 0.2) is 0 Å². The van der Waals surface area contributed by atoms with Gasteiger partial charge in [-0.1, -0.05) is 64.8 Å². The molecule has 1 fully saturated rings. The van der Waals surface area contributed by atoms with Crippen LogP contribution < -0.4 is 9.64 Å². The molecule has 0 aliphatic carbocycles. The van der Waals surface area contributed by atoms with Crippen LogP contribution in [0.3, 0.4) is 0 Å². The van der Waals surface area contributed by atoms with Crippen LogP contribution in [0.1, 0.15) is 89.3 Å². The zero-order valence-electron chi connectivity index (χ0n) is 26.7. The molecule has 1 unspecified atom stereocenters. The van der Waals surface area contributed by atoms with Gasteiger partial charge < -0.3 is 14.7 Å². The van der Waals surface area contributed by atoms with Crippen LogP contribution in [0.15, 0.2) is 48.6 Å². The molecule has 0 radical (unpaired) electrons. The van der Waals surface area contributed by atoms with E-state index in [-0.39, 0.29) is 41.7 Å². The first-order chi connectivity index (χ1) is 20.5. The highest BCUT2D eigenvalue weighted by atomic mass is 19.1. The summed E-state index contributed by atoms with van der Waals surface area (Å²) in [5.74, 6) is -1.25. The second-order valence-electron chi connectivity index (χ2n) is 13.1. The van der Waals surface area contributed by atoms with Gasteiger partial charge in [-0.2, -0.15) is 0 Å². The first-order valence-corrected chi connectivity index (χ1v) is 15.9. The van der Waals surface area contributed by atoms with Crippen molar-refractivity contribution in [2.75, 3.05) is 24.6 Å². The Morgan fingerprint density at radius 3 is 2.51 bits per heavy atom. The Bertz CT molecular complexity index is 1320. The van der Waals surface area contributed by atoms with Crippen LogP contribution in [-0.2, 0) is 16.0 Å². The van der Waals surface area contributed by atoms with Gasteiger partial charge in [-0.15, -0.1) is 0 Å². The van der Waals surface area contributed by atoms with E-state index >= 15 is 0 Å². The lowest BCUT2D eigenvalue weighted by Crippen LogP contribution is -2.48. The van der Waals surface area contributed by atoms with E-state index in [4.69, 9.17) is 4.74 Å². The molecule has 43 heavy (non-hydrogen) atoms. The fourth-order valence-electron chi connectivity index (χ4n) is 7.24. The van der Waals surface area contributed by atoms with Crippen LogP contribution in [0.25, 0.3) is 0 Å². The van der Waals surface area contributed by atoms with Crippen molar-refractivity contribution in [3.63, 3.8) is 0 Å². The maximum absolute atomic E-state index is 14.4. The summed E-state index contributed by atoms with van der Waals surface area (Å²) in [5, 5.41) is 10.7. The Hall–Kier alpha value is -3.19. The monoisotopic (exact) mass is 592 g/mol. The molecule has 2 heterocycles. The highest BCUT2D eigenvalue weighted by Crippen LogP contribution is 2.44. The van der Waals surface area contributed by atoms with Crippen molar-refractivity contribution in [2.24, 2.45) is 11.3 Å². The normalized spacial score (nSPS) is 20.5. The van der Waals surface area contributed by atoms with Crippen LogP contribution in [-0.4, -0.2) is 53.7 Å². The summed E-state index contributed by atoms with van der Waals surface area (Å²) < 4.78 is 20.0. The van der Waals surface area contributed by atoms with Crippen molar-refractivity contribution in [3.8, 4) is 5.75 Å². The summed E-state index contributed by atoms with van der Waals surface area (Å²) in [5.41, 5.74) is 3.05. The number of anilines is 1. The third-order valence-electron chi connectivity index (χ3n) is 9.16. The van der Waals surface area contributed by atoms with E-state index in [0.29, 0.717) is 30.8 Å². The van der Waals surface area contributed by atoms with E-state index in [9.17, 15) is 19.1 Å². The minimum absolute atomic E-state index is 0.0179. The highest BCUT2D eigenvalue weighted by molar-refractivity contribution is 5.95. The number of likely N-dealkylation sites (tertiary alicyclic amines) is 1. The molecule has 4 rings (SSSR count). The molecular formula is C36H49FN2O4. The number of fused-ring (bicyclic) bond motifs is 1. The maximum Gasteiger partial charge on any atom is 0.308 e. The molecule has 0 saturated carbocycles. The van der Waals surface area contributed by atoms with E-state index in [1.807, 2.05) is 30.0 Å². The van der Waals surface area contributed by atoms with E-state index in [1.165, 1.54) is 6.07 Å². The Labute approximate surface area is 256 Å². The predicted molar refractivity (Wildman–Crippen MR) is 170 cm³/mol. The molecule has 2 aromatic rings. The Morgan fingerprint density at radius 2 is 1.88 bits per heavy atom. The number of carbonyl (C=O) groups is 2. The average Bonchev–Trinajstić information content (AvgIpc) is 3.55. The third-order valence-corrected chi connectivity index (χ3v) is 9.16. The number of benzene rings is 2. The quantitative estimate of drug-likeness (QED) is 0.244. The van der Waals surface area contributed by atoms with E-state index in [2.05, 4.69) is 44.7 Å². The number of hydrogen-bond donors (Lipinski definition) is 1. The van der Waals surface area contributed by atoms with Gasteiger partial charge >= 0.3 is 5.97 Å². The number of carboxylic acid groups (broad SMARTS) is 1. The van der Waals surface area contributed by atoms with Crippen LogP contribution in [0, 0.1) is 24.1 Å². The summed E-state index contributed by atoms with van der Waals surface area (Å²) in [7, 11) is 0. The van der Waals surface area contributed by atoms with Gasteiger partial charge in [-0.25, -0.2) is 4.39 Å². The number of ether oxygens (including phenoxy) is 1. The van der Waals surface area contributed by atoms with Gasteiger partial charge in [0.2, 0.25) is 5.91 Å². The molecule has 1 N–H and O–H groups in total. The number of halogens is 1. The molecule has 6 nitrogen and oxygen atoms in total. The van der Waals surface area contributed by atoms with Crippen molar-refractivity contribution in [1.29, 1.82) is 0 Å². The van der Waals surface area contributed by atoms with Crippen molar-refractivity contribution in [1.82, 2.24) is 4.90 Å². The molecular weight excluding hydrogens is 543 g/mol. The molecule has 0 bridgehead atoms. The van der Waals surface area contributed by atoms with Crippen molar-refractivity contribution in [2.45, 2.75) is 98.1 Å². The lowest BCUT2D eigenvalue weighted by molar-refractivity contribution is -0.143. The number of rotatable bonds is 13. The number of carboxylic acids is 1. The number of carbonyl (C=O) groups excluding carboxylic acids is 1. The topological polar surface area (TPSA) is 70.1 Å². The van der Waals surface area contributed by atoms with Gasteiger partial charge in [0.25, 0.3) is 0 Å². The standard InChI is InChI=1S/C36H49FN2O4/c1-7-10-27(11-8-2)39(28-13-14-30(37)24(4)19-28)33(40)23-38-22-29(25-12-15-32-26(20-25)16-18-43-32)34(35(41)42)31(38)21-36(5,6)17-9-3/h9,12-15,17,19-20,27,29,31,34H,7-8,10-11,16,18,21-23H2,1-6H3,(H,41,42)/t29-,31+,34?/m1/s1. The van der Waals surface area contributed by atoms with Crippen LogP contribution in [0.5, 0.6) is 5.75 Å². The van der Waals surface area contributed by atoms with Crippen LogP contribution >= 0.6 is 0 Å². The average molecular weight is 593 g/mol. The Kier molecular flexibility index (Phi) is 10.7. The summed E-state index contributed by atoms with van der Waals surface area (Å²) in [6.45, 7) is 13.4. The summed E-state index contributed by atoms with van der Waals surface area (Å²) >= 11 is 0. The second-order valence-corrected chi connectivity index (χ2v) is 13.1. The minimum Gasteiger partial charge on any atom is -0.493 e. The van der Waals surface area contributed by atoms with Gasteiger partial charge in [0.05, 0.1) is 19.1 Å². The SMILES string of the molecule is CC=CC(C)(C)C[C@H]1C(C(=O)O)[C@@H](c2ccc3c(c2)CCO3)CN1CC(=O)N(c1ccc(F)c(C)c1)C(CCC)CCC. The largest absolute Gasteiger partial charge is 0.493 e. The highest BCUT2D eigenvalue weighted by Gasteiger charge is 2.49. The molecule has 3 atom stereocenters. The summed E-state index contributed by atoms with van der Waals surface area (Å²) in [4.78, 5) is 31.4. The Morgan fingerprint density at radius 1 is 1.16 bits per heavy atom. The molecule has 1 amide bonds. The second kappa shape index (κ2) is 14.1. The zero-order chi connectivity index (χ0) is 31.3. The number of allylic oxidation sites excluding steroid dienone is 2. The molecule has 0 spiro atoms. The molecule has 234 valence electrons. The fraction of sp³-hybridized carbons (Fsp3) is 0.556. The Balaban J connectivity index is 1.73. The van der Waals surface area contributed by atoms with Crippen molar-refractivity contribution >= 4 is 17.6 Å². The first kappa shape index (κ1) is 32.7. The fourth-order valence-corrected chi connectivity index (χ4v) is 7.24. The molecule has 2 aromatic carbocycles. The molecule has 2 aliphatic heterocycles. The lowest BCUT2D eigenvalue weighted by atomic mass is 9.77. The number of hydrogen-bond acceptors (Lipinski definition) is 4.